The van der Waals surface area contributed by atoms with Crippen molar-refractivity contribution in [1.29, 1.82) is 0 Å². The highest BCUT2D eigenvalue weighted by molar-refractivity contribution is 6.32. The van der Waals surface area contributed by atoms with Gasteiger partial charge in [-0.05, 0) is 105 Å². The van der Waals surface area contributed by atoms with Crippen LogP contribution in [-0.2, 0) is 4.74 Å². The summed E-state index contributed by atoms with van der Waals surface area (Å²) in [4.78, 5) is 0. The van der Waals surface area contributed by atoms with Crippen LogP contribution in [-0.4, -0.2) is 18.8 Å². The molecule has 2 aliphatic carbocycles. The molecule has 2 saturated carbocycles. The molecule has 0 bridgehead atoms. The molecule has 0 radical (unpaired) electrons. The molecule has 2 aromatic rings. The van der Waals surface area contributed by atoms with E-state index in [0.29, 0.717) is 41.9 Å². The summed E-state index contributed by atoms with van der Waals surface area (Å²) in [6, 6.07) is 8.23. The smallest absolute Gasteiger partial charge is 0.400 e. The Bertz CT molecular complexity index is 1100. The third-order valence-electron chi connectivity index (χ3n) is 8.19. The minimum atomic E-state index is -3.30. The van der Waals surface area contributed by atoms with E-state index in [9.17, 15) is 13.2 Å². The SMILES string of the molecule is CCCCOC1CCC(C2CCC(C(F)(F)Oc3ccc(-c4cc(F)c(OC=C(F)F)c(Cl)c4)cc3)CC2)CC1. The molecule has 0 aromatic heterocycles. The zero-order valence-electron chi connectivity index (χ0n) is 22.6. The van der Waals surface area contributed by atoms with Crippen LogP contribution in [0.4, 0.5) is 22.0 Å². The van der Waals surface area contributed by atoms with E-state index in [-0.39, 0.29) is 17.0 Å². The molecule has 40 heavy (non-hydrogen) atoms. The van der Waals surface area contributed by atoms with E-state index in [1.165, 1.54) is 30.3 Å². The third kappa shape index (κ3) is 8.12. The fourth-order valence-electron chi connectivity index (χ4n) is 5.95. The van der Waals surface area contributed by atoms with E-state index in [4.69, 9.17) is 21.1 Å². The summed E-state index contributed by atoms with van der Waals surface area (Å²) in [5.41, 5.74) is 0.818. The van der Waals surface area contributed by atoms with Gasteiger partial charge in [0.1, 0.15) is 5.75 Å². The van der Waals surface area contributed by atoms with Crippen molar-refractivity contribution in [2.75, 3.05) is 6.61 Å². The Morgan fingerprint density at radius 2 is 1.55 bits per heavy atom. The lowest BCUT2D eigenvalue weighted by molar-refractivity contribution is -0.224. The van der Waals surface area contributed by atoms with Crippen LogP contribution in [0.15, 0.2) is 48.7 Å². The molecule has 0 spiro atoms. The van der Waals surface area contributed by atoms with Crippen LogP contribution in [0, 0.1) is 23.6 Å². The van der Waals surface area contributed by atoms with Gasteiger partial charge in [-0.2, -0.15) is 17.6 Å². The number of rotatable bonds is 11. The second kappa shape index (κ2) is 14.0. The zero-order chi connectivity index (χ0) is 28.7. The fraction of sp³-hybridized carbons (Fsp3) is 0.548. The second-order valence-electron chi connectivity index (χ2n) is 10.9. The average molecular weight is 587 g/mol. The molecule has 2 aromatic carbocycles. The molecule has 0 unspecified atom stereocenters. The fourth-order valence-corrected chi connectivity index (χ4v) is 6.20. The molecule has 0 aliphatic heterocycles. The maximum atomic E-state index is 15.1. The highest BCUT2D eigenvalue weighted by Gasteiger charge is 2.45. The normalized spacial score (nSPS) is 23.5. The van der Waals surface area contributed by atoms with Crippen molar-refractivity contribution in [1.82, 2.24) is 0 Å². The van der Waals surface area contributed by atoms with Crippen molar-refractivity contribution in [3.05, 3.63) is 59.6 Å². The number of ether oxygens (including phenoxy) is 3. The van der Waals surface area contributed by atoms with Crippen molar-refractivity contribution < 1.29 is 36.2 Å². The van der Waals surface area contributed by atoms with E-state index in [2.05, 4.69) is 11.7 Å². The first-order valence-corrected chi connectivity index (χ1v) is 14.5. The number of hydrogen-bond acceptors (Lipinski definition) is 3. The minimum absolute atomic E-state index is 0.00680. The summed E-state index contributed by atoms with van der Waals surface area (Å²) in [6.45, 7) is 2.98. The van der Waals surface area contributed by atoms with E-state index < -0.39 is 29.7 Å². The molecule has 0 heterocycles. The Morgan fingerprint density at radius 1 is 0.925 bits per heavy atom. The van der Waals surface area contributed by atoms with Crippen LogP contribution in [0.3, 0.4) is 0 Å². The maximum Gasteiger partial charge on any atom is 0.400 e. The van der Waals surface area contributed by atoms with E-state index in [1.807, 2.05) is 0 Å². The predicted octanol–water partition coefficient (Wildman–Crippen LogP) is 10.4. The summed E-state index contributed by atoms with van der Waals surface area (Å²) in [7, 11) is 0. The molecule has 0 saturated heterocycles. The molecule has 9 heteroatoms. The number of unbranched alkanes of at least 4 members (excludes halogenated alkanes) is 1. The maximum absolute atomic E-state index is 15.1. The van der Waals surface area contributed by atoms with Crippen molar-refractivity contribution in [2.45, 2.75) is 83.3 Å². The standard InChI is InChI=1S/C31H36ClF5O3/c1-2-3-16-38-25-12-6-21(7-13-25)20-4-10-24(11-5-20)31(36,37)40-26-14-8-22(9-15-26)23-17-27(32)30(28(33)18-23)39-19-29(34)35/h8-9,14-15,17-21,24-25H,2-7,10-13,16H2,1H3. The van der Waals surface area contributed by atoms with Crippen molar-refractivity contribution in [3.63, 3.8) is 0 Å². The average Bonchev–Trinajstić information content (AvgIpc) is 2.93. The van der Waals surface area contributed by atoms with Gasteiger partial charge in [-0.3, -0.25) is 0 Å². The first kappa shape index (κ1) is 30.6. The van der Waals surface area contributed by atoms with E-state index in [0.717, 1.165) is 64.0 Å². The highest BCUT2D eigenvalue weighted by Crippen LogP contribution is 2.45. The molecule has 220 valence electrons. The van der Waals surface area contributed by atoms with Gasteiger partial charge in [0.15, 0.2) is 17.8 Å². The molecule has 2 aliphatic rings. The molecular formula is C31H36ClF5O3. The van der Waals surface area contributed by atoms with Gasteiger partial charge in [0, 0.05) is 6.61 Å². The summed E-state index contributed by atoms with van der Waals surface area (Å²) in [5.74, 6) is -1.23. The largest absolute Gasteiger partial charge is 0.455 e. The lowest BCUT2D eigenvalue weighted by Crippen LogP contribution is -2.38. The van der Waals surface area contributed by atoms with Crippen LogP contribution in [0.5, 0.6) is 11.5 Å². The molecule has 3 nitrogen and oxygen atoms in total. The van der Waals surface area contributed by atoms with Gasteiger partial charge in [-0.25, -0.2) is 4.39 Å². The number of hydrogen-bond donors (Lipinski definition) is 0. The lowest BCUT2D eigenvalue weighted by atomic mass is 9.70. The first-order valence-electron chi connectivity index (χ1n) is 14.1. The van der Waals surface area contributed by atoms with Crippen LogP contribution < -0.4 is 9.47 Å². The van der Waals surface area contributed by atoms with Crippen molar-refractivity contribution >= 4 is 11.6 Å². The third-order valence-corrected chi connectivity index (χ3v) is 8.47. The highest BCUT2D eigenvalue weighted by atomic mass is 35.5. The van der Waals surface area contributed by atoms with Crippen LogP contribution in [0.2, 0.25) is 5.02 Å². The van der Waals surface area contributed by atoms with Crippen LogP contribution >= 0.6 is 11.6 Å². The molecule has 2 fully saturated rings. The van der Waals surface area contributed by atoms with Gasteiger partial charge in [0.2, 0.25) is 0 Å². The first-order chi connectivity index (χ1) is 19.2. The van der Waals surface area contributed by atoms with Gasteiger partial charge in [-0.15, -0.1) is 0 Å². The van der Waals surface area contributed by atoms with Gasteiger partial charge >= 0.3 is 12.2 Å². The van der Waals surface area contributed by atoms with E-state index >= 15 is 8.78 Å². The van der Waals surface area contributed by atoms with Crippen molar-refractivity contribution in [2.24, 2.45) is 17.8 Å². The van der Waals surface area contributed by atoms with Gasteiger partial charge in [-0.1, -0.05) is 37.1 Å². The molecule has 0 N–H and O–H groups in total. The zero-order valence-corrected chi connectivity index (χ0v) is 23.4. The van der Waals surface area contributed by atoms with Crippen LogP contribution in [0.1, 0.15) is 71.1 Å². The minimum Gasteiger partial charge on any atom is -0.455 e. The molecule has 4 rings (SSSR count). The van der Waals surface area contributed by atoms with Gasteiger partial charge in [0.05, 0.1) is 17.0 Å². The number of benzene rings is 2. The Kier molecular flexibility index (Phi) is 10.7. The van der Waals surface area contributed by atoms with Gasteiger partial charge in [0.25, 0.3) is 0 Å². The Balaban J connectivity index is 1.28. The van der Waals surface area contributed by atoms with Crippen molar-refractivity contribution in [3.8, 4) is 22.6 Å². The predicted molar refractivity (Wildman–Crippen MR) is 145 cm³/mol. The van der Waals surface area contributed by atoms with Crippen LogP contribution in [0.25, 0.3) is 11.1 Å². The summed E-state index contributed by atoms with van der Waals surface area (Å²) >= 11 is 5.99. The number of halogens is 6. The molecule has 0 amide bonds. The molecular weight excluding hydrogens is 551 g/mol. The van der Waals surface area contributed by atoms with E-state index in [1.54, 1.807) is 0 Å². The Morgan fingerprint density at radius 3 is 2.12 bits per heavy atom. The molecule has 0 atom stereocenters. The number of alkyl halides is 2. The Labute approximate surface area is 237 Å². The summed E-state index contributed by atoms with van der Waals surface area (Å²) < 4.78 is 84.7. The Hall–Kier alpha value is -2.32. The lowest BCUT2D eigenvalue weighted by Gasteiger charge is -2.39. The monoisotopic (exact) mass is 586 g/mol. The summed E-state index contributed by atoms with van der Waals surface area (Å²) in [5, 5.41) is -0.205. The van der Waals surface area contributed by atoms with Gasteiger partial charge < -0.3 is 14.2 Å². The topological polar surface area (TPSA) is 27.7 Å². The quantitative estimate of drug-likeness (QED) is 0.149. The summed E-state index contributed by atoms with van der Waals surface area (Å²) in [6.07, 6.45) is 4.02. The second-order valence-corrected chi connectivity index (χ2v) is 11.3.